The summed E-state index contributed by atoms with van der Waals surface area (Å²) in [6.07, 6.45) is -13.5. The lowest BCUT2D eigenvalue weighted by molar-refractivity contribution is -0.356. The summed E-state index contributed by atoms with van der Waals surface area (Å²) in [6.45, 7) is 0. The number of alkyl halides is 6. The van der Waals surface area contributed by atoms with E-state index < -0.39 is 51.7 Å². The Kier molecular flexibility index (Phi) is 6.69. The maximum Gasteiger partial charge on any atom is 0.438 e. The lowest BCUT2D eigenvalue weighted by Crippen LogP contribution is -2.63. The fourth-order valence-corrected chi connectivity index (χ4v) is 3.10. The third-order valence-electron chi connectivity index (χ3n) is 3.49. The number of halogens is 6. The summed E-state index contributed by atoms with van der Waals surface area (Å²) in [5.41, 5.74) is -6.26. The first-order valence-electron chi connectivity index (χ1n) is 6.92. The molecule has 0 spiro atoms. The number of benzene rings is 1. The van der Waals surface area contributed by atoms with Crippen LogP contribution >= 0.6 is 0 Å². The van der Waals surface area contributed by atoms with Gasteiger partial charge in [-0.25, -0.2) is 4.79 Å². The van der Waals surface area contributed by atoms with Crippen LogP contribution in [0.15, 0.2) is 18.2 Å². The fraction of sp³-hybridized carbons (Fsp3) is 0.462. The summed E-state index contributed by atoms with van der Waals surface area (Å²) in [5, 5.41) is 0. The summed E-state index contributed by atoms with van der Waals surface area (Å²) in [4.78, 5) is 12.1. The van der Waals surface area contributed by atoms with E-state index in [1.165, 1.54) is 6.07 Å². The highest BCUT2D eigenvalue weighted by Crippen LogP contribution is 2.47. The van der Waals surface area contributed by atoms with Gasteiger partial charge in [0, 0.05) is 0 Å². The largest absolute Gasteiger partial charge is 0.438 e. The molecule has 0 aliphatic rings. The molecule has 0 aliphatic heterocycles. The number of ether oxygens (including phenoxy) is 1. The van der Waals surface area contributed by atoms with Crippen molar-refractivity contribution in [3.05, 3.63) is 34.9 Å². The number of carbonyl (C=O) groups excluding carboxylic acids is 1. The highest BCUT2D eigenvalue weighted by Gasteiger charge is 2.76. The van der Waals surface area contributed by atoms with Gasteiger partial charge in [-0.3, -0.25) is 4.55 Å². The molecule has 1 aromatic rings. The monoisotopic (exact) mass is 414 g/mol. The summed E-state index contributed by atoms with van der Waals surface area (Å²) in [7, 11) is 4.86. The average Bonchev–Trinajstić information content (AvgIpc) is 2.49. The van der Waals surface area contributed by atoms with Gasteiger partial charge >= 0.3 is 23.9 Å². The average molecular weight is 414 g/mol. The molecule has 0 heterocycles. The van der Waals surface area contributed by atoms with Crippen LogP contribution in [0.2, 0.25) is 0 Å². The van der Waals surface area contributed by atoms with Gasteiger partial charge in [0.05, 0.1) is 21.3 Å². The fourth-order valence-electron chi connectivity index (χ4n) is 2.20. The molecule has 1 N–H and O–H groups in total. The van der Waals surface area contributed by atoms with E-state index in [0.717, 1.165) is 12.1 Å². The maximum atomic E-state index is 13.2. The second-order valence-corrected chi connectivity index (χ2v) is 6.74. The van der Waals surface area contributed by atoms with E-state index in [-0.39, 0.29) is 17.4 Å². The van der Waals surface area contributed by atoms with Crippen molar-refractivity contribution in [1.82, 2.24) is 0 Å². The second-order valence-electron chi connectivity index (χ2n) is 5.29. The van der Waals surface area contributed by atoms with Crippen molar-refractivity contribution in [3.63, 3.8) is 0 Å². The number of rotatable bonds is 6. The lowest BCUT2D eigenvalue weighted by Gasteiger charge is -2.35. The summed E-state index contributed by atoms with van der Waals surface area (Å²) in [5.74, 6) is -5.10. The molecule has 0 saturated carbocycles. The van der Waals surface area contributed by atoms with Gasteiger partial charge in [-0.15, -0.1) is 0 Å². The topological polar surface area (TPSA) is 80.7 Å². The molecule has 146 valence electrons. The highest BCUT2D eigenvalue weighted by molar-refractivity contribution is 7.85. The van der Waals surface area contributed by atoms with Crippen LogP contribution in [-0.4, -0.2) is 58.3 Å². The van der Waals surface area contributed by atoms with E-state index in [2.05, 4.69) is 4.74 Å². The minimum Gasteiger partial charge on any atom is -0.435 e. The SMILES string of the molecule is [B]Cc1cccc(C(=O)OC(CS(=O)(=O)O)(C(F)(F)F)C(F)(F)F)c1C[B]. The van der Waals surface area contributed by atoms with E-state index in [1.807, 2.05) is 0 Å². The molecule has 0 saturated heterocycles. The smallest absolute Gasteiger partial charge is 0.435 e. The van der Waals surface area contributed by atoms with Crippen LogP contribution in [0.1, 0.15) is 21.5 Å². The standard InChI is InChI=1S/C13H10B2F6O5S/c14-4-7-2-1-3-8(9(7)5-15)10(22)26-11(12(16,17)18,13(19,20)21)6-27(23,24)25/h1-3H,4-6H2,(H,23,24,25). The van der Waals surface area contributed by atoms with Crippen molar-refractivity contribution in [1.29, 1.82) is 0 Å². The molecule has 27 heavy (non-hydrogen) atoms. The Balaban J connectivity index is 3.58. The van der Waals surface area contributed by atoms with Crippen LogP contribution in [0.4, 0.5) is 26.3 Å². The molecule has 4 radical (unpaired) electrons. The Labute approximate surface area is 152 Å². The Morgan fingerprint density at radius 1 is 1.04 bits per heavy atom. The van der Waals surface area contributed by atoms with Gasteiger partial charge in [0.15, 0.2) is 0 Å². The van der Waals surface area contributed by atoms with Gasteiger partial charge < -0.3 is 4.74 Å². The quantitative estimate of drug-likeness (QED) is 0.333. The molecule has 14 heteroatoms. The Hall–Kier alpha value is -1.69. The van der Waals surface area contributed by atoms with E-state index in [0.29, 0.717) is 0 Å². The van der Waals surface area contributed by atoms with Gasteiger partial charge in [-0.2, -0.15) is 34.8 Å². The van der Waals surface area contributed by atoms with Gasteiger partial charge in [0.1, 0.15) is 5.75 Å². The van der Waals surface area contributed by atoms with Gasteiger partial charge in [-0.05, 0) is 11.6 Å². The van der Waals surface area contributed by atoms with Crippen LogP contribution in [0.5, 0.6) is 0 Å². The lowest BCUT2D eigenvalue weighted by atomic mass is 9.84. The van der Waals surface area contributed by atoms with Gasteiger partial charge in [0.25, 0.3) is 10.1 Å². The minimum absolute atomic E-state index is 0.159. The molecule has 1 aromatic carbocycles. The van der Waals surface area contributed by atoms with Gasteiger partial charge in [0.2, 0.25) is 0 Å². The van der Waals surface area contributed by atoms with E-state index in [1.54, 1.807) is 0 Å². The Morgan fingerprint density at radius 3 is 1.93 bits per heavy atom. The summed E-state index contributed by atoms with van der Waals surface area (Å²) < 4.78 is 113. The number of hydrogen-bond acceptors (Lipinski definition) is 4. The summed E-state index contributed by atoms with van der Waals surface area (Å²) in [6, 6.07) is 3.29. The summed E-state index contributed by atoms with van der Waals surface area (Å²) >= 11 is 0. The second kappa shape index (κ2) is 7.74. The molecule has 0 aliphatic carbocycles. The van der Waals surface area contributed by atoms with Crippen molar-refractivity contribution < 1.29 is 48.8 Å². The molecule has 0 atom stereocenters. The predicted octanol–water partition coefficient (Wildman–Crippen LogP) is 1.93. The van der Waals surface area contributed by atoms with Gasteiger partial charge in [-0.1, -0.05) is 30.3 Å². The number of hydrogen-bond donors (Lipinski definition) is 1. The van der Waals surface area contributed by atoms with Crippen LogP contribution in [-0.2, 0) is 27.5 Å². The van der Waals surface area contributed by atoms with Crippen molar-refractivity contribution in [2.75, 3.05) is 5.75 Å². The maximum absolute atomic E-state index is 13.2. The van der Waals surface area contributed by atoms with Crippen molar-refractivity contribution in [3.8, 4) is 0 Å². The van der Waals surface area contributed by atoms with Crippen LogP contribution in [0.3, 0.4) is 0 Å². The van der Waals surface area contributed by atoms with Crippen molar-refractivity contribution >= 4 is 31.8 Å². The zero-order chi connectivity index (χ0) is 21.3. The Bertz CT molecular complexity index is 792. The first kappa shape index (κ1) is 23.3. The molecule has 5 nitrogen and oxygen atoms in total. The normalized spacial score (nSPS) is 13.4. The zero-order valence-corrected chi connectivity index (χ0v) is 14.1. The van der Waals surface area contributed by atoms with E-state index in [4.69, 9.17) is 20.2 Å². The highest BCUT2D eigenvalue weighted by atomic mass is 32.2. The van der Waals surface area contributed by atoms with Crippen LogP contribution in [0.25, 0.3) is 0 Å². The molecular weight excluding hydrogens is 404 g/mol. The molecule has 0 aromatic heterocycles. The molecule has 0 amide bonds. The zero-order valence-electron chi connectivity index (χ0n) is 13.3. The number of esters is 1. The molecule has 0 unspecified atom stereocenters. The predicted molar refractivity (Wildman–Crippen MR) is 82.0 cm³/mol. The molecule has 0 fully saturated rings. The molecule has 1 rings (SSSR count). The number of carbonyl (C=O) groups is 1. The minimum atomic E-state index is -6.41. The molecular formula is C13H10B2F6O5S. The van der Waals surface area contributed by atoms with Crippen LogP contribution in [0, 0.1) is 0 Å². The third-order valence-corrected chi connectivity index (χ3v) is 4.26. The Morgan fingerprint density at radius 2 is 1.56 bits per heavy atom. The molecule has 0 bridgehead atoms. The third kappa shape index (κ3) is 4.98. The van der Waals surface area contributed by atoms with E-state index >= 15 is 0 Å². The first-order chi connectivity index (χ1) is 12.1. The first-order valence-corrected chi connectivity index (χ1v) is 8.53. The van der Waals surface area contributed by atoms with Crippen molar-refractivity contribution in [2.24, 2.45) is 0 Å². The van der Waals surface area contributed by atoms with Crippen molar-refractivity contribution in [2.45, 2.75) is 30.6 Å². The van der Waals surface area contributed by atoms with E-state index in [9.17, 15) is 39.6 Å². The van der Waals surface area contributed by atoms with Crippen LogP contribution < -0.4 is 0 Å².